The maximum absolute atomic E-state index is 15.2. The van der Waals surface area contributed by atoms with E-state index in [0.29, 0.717) is 27.9 Å². The Kier molecular flexibility index (Phi) is 23.9. The van der Waals surface area contributed by atoms with Gasteiger partial charge in [-0.2, -0.15) is 0 Å². The lowest BCUT2D eigenvalue weighted by molar-refractivity contribution is -0.345. The number of esters is 7. The largest absolute Gasteiger partial charge is 0.456 e. The molecule has 12 rings (SSSR count). The Labute approximate surface area is 639 Å². The maximum atomic E-state index is 15.2. The topological polar surface area (TPSA) is 338 Å². The highest BCUT2D eigenvalue weighted by atomic mass is 35.5. The first-order chi connectivity index (χ1) is 50.8. The van der Waals surface area contributed by atoms with Crippen LogP contribution in [0.1, 0.15) is 166 Å². The van der Waals surface area contributed by atoms with E-state index >= 15 is 9.59 Å². The molecule has 22 atom stereocenters. The second kappa shape index (κ2) is 31.2. The number of aliphatic hydroxyl groups excluding tert-OH is 3. The minimum atomic E-state index is -2.14. The van der Waals surface area contributed by atoms with E-state index in [1.165, 1.54) is 32.4 Å². The van der Waals surface area contributed by atoms with Crippen LogP contribution in [0.15, 0.2) is 144 Å². The van der Waals surface area contributed by atoms with Crippen LogP contribution in [0.5, 0.6) is 0 Å². The molecule has 584 valence electrons. The van der Waals surface area contributed by atoms with E-state index in [4.69, 9.17) is 54.2 Å². The molecule has 0 radical (unpaired) electrons. The summed E-state index contributed by atoms with van der Waals surface area (Å²) in [5.41, 5.74) is -9.84. The predicted molar refractivity (Wildman–Crippen MR) is 393 cm³/mol. The van der Waals surface area contributed by atoms with E-state index in [-0.39, 0.29) is 50.0 Å². The normalized spacial score (nSPS) is 34.9. The molecule has 0 unspecified atom stereocenters. The number of aliphatic hydroxyl groups is 5. The number of ether oxygens (including phenoxy) is 9. The quantitative estimate of drug-likeness (QED) is 0.0301. The van der Waals surface area contributed by atoms with Crippen LogP contribution in [-0.2, 0) is 76.2 Å². The molecule has 6 aliphatic carbocycles. The van der Waals surface area contributed by atoms with Gasteiger partial charge in [-0.1, -0.05) is 152 Å². The number of hydrogen-bond donors (Lipinski definition) is 5. The number of rotatable bonds is 16. The fourth-order valence-electron chi connectivity index (χ4n) is 19.6. The minimum Gasteiger partial charge on any atom is -0.456 e. The minimum absolute atomic E-state index is 0.0321. The molecule has 4 aromatic carbocycles. The molecule has 0 spiro atoms. The number of alkyl halides is 2. The van der Waals surface area contributed by atoms with Gasteiger partial charge in [-0.15, -0.1) is 23.2 Å². The first-order valence-electron chi connectivity index (χ1n) is 36.5. The number of Topliss-reactive ketones (excluding diaryl/α,β-unsaturated/α-hetero) is 2. The molecule has 25 heteroatoms. The second-order valence-corrected chi connectivity index (χ2v) is 32.0. The molecular weight excluding hydrogens is 1440 g/mol. The van der Waals surface area contributed by atoms with Gasteiger partial charge in [0.15, 0.2) is 17.3 Å². The van der Waals surface area contributed by atoms with Crippen LogP contribution in [0.2, 0.25) is 0 Å². The third kappa shape index (κ3) is 13.7. The van der Waals surface area contributed by atoms with Crippen LogP contribution in [0.3, 0.4) is 0 Å². The number of halogens is 2. The van der Waals surface area contributed by atoms with Gasteiger partial charge >= 0.3 is 41.8 Å². The summed E-state index contributed by atoms with van der Waals surface area (Å²) >= 11 is 10.4. The zero-order valence-corrected chi connectivity index (χ0v) is 65.1. The molecule has 108 heavy (non-hydrogen) atoms. The highest BCUT2D eigenvalue weighted by molar-refractivity contribution is 6.26. The lowest BCUT2D eigenvalue weighted by atomic mass is 9.43. The Morgan fingerprint density at radius 3 is 1.21 bits per heavy atom. The summed E-state index contributed by atoms with van der Waals surface area (Å²) < 4.78 is 54.5. The van der Waals surface area contributed by atoms with Crippen molar-refractivity contribution in [3.63, 3.8) is 0 Å². The first kappa shape index (κ1) is 82.8. The Bertz CT molecular complexity index is 4150. The number of fused-ring (bicyclic) bond motifs is 10. The van der Waals surface area contributed by atoms with Crippen molar-refractivity contribution >= 4 is 76.6 Å². The summed E-state index contributed by atoms with van der Waals surface area (Å²) in [5.74, 6) is -12.9. The van der Waals surface area contributed by atoms with Gasteiger partial charge in [-0.25, -0.2) is 19.2 Å². The van der Waals surface area contributed by atoms with Gasteiger partial charge in [-0.05, 0) is 85.4 Å². The van der Waals surface area contributed by atoms with E-state index in [2.05, 4.69) is 11.6 Å². The van der Waals surface area contributed by atoms with Crippen molar-refractivity contribution in [3.8, 4) is 0 Å². The Morgan fingerprint density at radius 2 is 0.880 bits per heavy atom. The van der Waals surface area contributed by atoms with Crippen LogP contribution < -0.4 is 0 Å². The molecule has 0 aromatic heterocycles. The summed E-state index contributed by atoms with van der Waals surface area (Å²) in [4.78, 5) is 124. The summed E-state index contributed by atoms with van der Waals surface area (Å²) in [6, 6.07) is 34.2. The zero-order valence-electron chi connectivity index (χ0n) is 63.6. The highest BCUT2D eigenvalue weighted by Crippen LogP contribution is 2.67. The van der Waals surface area contributed by atoms with E-state index in [1.54, 1.807) is 180 Å². The maximum Gasteiger partial charge on any atom is 0.348 e. The lowest BCUT2D eigenvalue weighted by Gasteiger charge is -2.67. The number of benzene rings is 4. The number of ketones is 2. The van der Waals surface area contributed by atoms with Crippen LogP contribution in [0.25, 0.3) is 0 Å². The van der Waals surface area contributed by atoms with Gasteiger partial charge in [0.2, 0.25) is 6.10 Å². The van der Waals surface area contributed by atoms with Crippen molar-refractivity contribution in [2.45, 2.75) is 218 Å². The molecule has 6 fully saturated rings. The average Bonchev–Trinajstić information content (AvgIpc) is 0.675. The van der Waals surface area contributed by atoms with E-state index in [1.807, 2.05) is 12.1 Å². The Morgan fingerprint density at radius 1 is 0.537 bits per heavy atom. The van der Waals surface area contributed by atoms with Gasteiger partial charge in [0.05, 0.1) is 59.2 Å². The van der Waals surface area contributed by atoms with Gasteiger partial charge in [0.25, 0.3) is 0 Å². The molecule has 8 aliphatic rings. The SMILES string of the molecule is CC(=O)O[C@@]12CO[C@@H]1C[C@H](O)[C@@]1(C)C(=O)[C@H](C)C3=C(C)[C@@H](OC(=O)[C@H](O)[C@@H](C)c4ccccc4)C[C@@](O)([C@@H](OC(=O)c4ccccc4)[C@H]21)C3(C)C.CC(=O)O[C@@]12CO[C@@H]1C[C@H](O)[C@@]1(C)C(=O)[C@H](C)C3=C(C)[C@@H](OC(=O)[C@H](OC(=O)CCl)[C@@H](C)c4ccccc4)C[C@@](O)([C@@H](OC(=O)c4ccccc4)[C@H]21)C3(C)C.CCl. The molecule has 0 amide bonds. The smallest absolute Gasteiger partial charge is 0.348 e. The Hall–Kier alpha value is -7.71. The van der Waals surface area contributed by atoms with Gasteiger partial charge < -0.3 is 68.2 Å². The number of hydrogen-bond acceptors (Lipinski definition) is 23. The first-order valence-corrected chi connectivity index (χ1v) is 37.8. The molecule has 2 aliphatic heterocycles. The summed E-state index contributed by atoms with van der Waals surface area (Å²) in [6.07, 6.45) is -12.3. The zero-order chi connectivity index (χ0) is 79.5. The van der Waals surface area contributed by atoms with Gasteiger partial charge in [0, 0.05) is 80.4 Å². The van der Waals surface area contributed by atoms with Crippen molar-refractivity contribution in [3.05, 3.63) is 166 Å². The van der Waals surface area contributed by atoms with Crippen molar-refractivity contribution in [2.75, 3.05) is 25.5 Å². The molecule has 4 saturated carbocycles. The van der Waals surface area contributed by atoms with Crippen LogP contribution in [0, 0.1) is 45.3 Å². The van der Waals surface area contributed by atoms with Crippen molar-refractivity contribution in [2.24, 2.45) is 45.3 Å². The third-order valence-electron chi connectivity index (χ3n) is 25.4. The lowest BCUT2D eigenvalue weighted by Crippen LogP contribution is -2.81. The number of carbonyl (C=O) groups is 9. The monoisotopic (exact) mass is 1530 g/mol. The summed E-state index contributed by atoms with van der Waals surface area (Å²) in [7, 11) is 0. The third-order valence-corrected chi connectivity index (χ3v) is 25.6. The van der Waals surface area contributed by atoms with Crippen LogP contribution >= 0.6 is 23.2 Å². The standard InChI is InChI=1S/C42H49ClO12.C40H48O11.CH3Cl/c1-22(26-14-10-8-11-15-26)33(53-31(46)20-43)38(49)52-28-19-42(50)36(54-37(48)27-16-12-9-13-17-27)34-40(7,35(47)24(3)32(23(28)2)39(42,5)6)29(45)18-30-41(34,21-51-30)55-25(4)44;1-21(25-14-10-8-11-15-25)31(43)36(46)49-27-19-40(47)34(50-35(45)26-16-12-9-13-17-26)32-38(7,33(44)23(3)30(22(27)2)37(40,5)6)28(42)18-29-39(32,20-48-29)51-24(4)41;1-2/h8-17,22,24,28-30,33-34,36,45,50H,18-21H2,1-7H3;8-17,21,23,27-29,31-32,34,42-43,47H,18-20H2,1-7H3;1H3/t22-,24+,28-,29-,30+,33+,34-,36-,40+,41-,42+;21-,23+,27-,28-,29+,31+,32-,34-,38+,39-,40+;/m00./s1. The highest BCUT2D eigenvalue weighted by Gasteiger charge is 2.80. The van der Waals surface area contributed by atoms with E-state index < -0.39 is 200 Å². The van der Waals surface area contributed by atoms with Gasteiger partial charge in [-0.3, -0.25) is 24.0 Å². The molecule has 4 bridgehead atoms. The van der Waals surface area contributed by atoms with Crippen molar-refractivity contribution in [1.29, 1.82) is 0 Å². The molecule has 2 heterocycles. The molecule has 2 saturated heterocycles. The average molecular weight is 1540 g/mol. The summed E-state index contributed by atoms with van der Waals surface area (Å²) in [5, 5.41) is 61.9. The fraction of sp³-hybridized carbons (Fsp3) is 0.554. The number of carbonyl (C=O) groups excluding carboxylic acids is 9. The van der Waals surface area contributed by atoms with Crippen molar-refractivity contribution < 1.29 is 111 Å². The molecule has 23 nitrogen and oxygen atoms in total. The van der Waals surface area contributed by atoms with E-state index in [9.17, 15) is 59.1 Å². The van der Waals surface area contributed by atoms with Crippen molar-refractivity contribution in [1.82, 2.24) is 0 Å². The summed E-state index contributed by atoms with van der Waals surface area (Å²) in [6.45, 7) is 22.4. The molecule has 5 N–H and O–H groups in total. The second-order valence-electron chi connectivity index (χ2n) is 31.7. The fourth-order valence-corrected chi connectivity index (χ4v) is 19.6. The molecular formula is C83H100Cl2O23. The Balaban J connectivity index is 0.000000226. The predicted octanol–water partition coefficient (Wildman–Crippen LogP) is 9.79. The van der Waals surface area contributed by atoms with Gasteiger partial charge in [0.1, 0.15) is 65.3 Å². The molecule has 4 aromatic rings. The van der Waals surface area contributed by atoms with E-state index in [0.717, 1.165) is 5.56 Å². The van der Waals surface area contributed by atoms with Crippen LogP contribution in [-0.4, -0.2) is 188 Å². The van der Waals surface area contributed by atoms with Crippen LogP contribution in [0.4, 0.5) is 0 Å².